The van der Waals surface area contributed by atoms with Crippen molar-refractivity contribution in [3.63, 3.8) is 0 Å². The molecule has 0 aromatic rings. The maximum absolute atomic E-state index is 10.7. The highest BCUT2D eigenvalue weighted by Gasteiger charge is 2.30. The lowest BCUT2D eigenvalue weighted by molar-refractivity contribution is -0.148. The van der Waals surface area contributed by atoms with Crippen molar-refractivity contribution < 1.29 is 9.90 Å². The van der Waals surface area contributed by atoms with Crippen molar-refractivity contribution in [3.8, 4) is 12.3 Å². The van der Waals surface area contributed by atoms with Crippen molar-refractivity contribution in [1.82, 2.24) is 0 Å². The zero-order valence-electron chi connectivity index (χ0n) is 7.05. The molecule has 1 unspecified atom stereocenters. The Kier molecular flexibility index (Phi) is 3.67. The predicted octanol–water partition coefficient (Wildman–Crippen LogP) is 1.90. The first kappa shape index (κ1) is 10.0. The molecule has 0 aromatic carbocycles. The number of hydrogen-bond acceptors (Lipinski definition) is 1. The fourth-order valence-electron chi connectivity index (χ4n) is 1.05. The summed E-state index contributed by atoms with van der Waals surface area (Å²) in [5, 5.41) is 8.80. The van der Waals surface area contributed by atoms with Gasteiger partial charge in [0.1, 0.15) is 0 Å². The van der Waals surface area contributed by atoms with Gasteiger partial charge in [-0.05, 0) is 13.3 Å². The highest BCUT2D eigenvalue weighted by atomic mass is 16.4. The van der Waals surface area contributed by atoms with Crippen LogP contribution < -0.4 is 0 Å². The van der Waals surface area contributed by atoms with Crippen LogP contribution in [0.25, 0.3) is 0 Å². The van der Waals surface area contributed by atoms with Crippen LogP contribution in [0.15, 0.2) is 0 Å². The molecule has 11 heavy (non-hydrogen) atoms. The van der Waals surface area contributed by atoms with E-state index in [-0.39, 0.29) is 0 Å². The summed E-state index contributed by atoms with van der Waals surface area (Å²) in [6.07, 6.45) is 6.88. The van der Waals surface area contributed by atoms with E-state index < -0.39 is 11.4 Å². The average molecular weight is 154 g/mol. The molecule has 0 amide bonds. The normalized spacial score (nSPS) is 15.0. The Morgan fingerprint density at radius 3 is 2.55 bits per heavy atom. The molecular formula is C9H14O2. The van der Waals surface area contributed by atoms with E-state index in [2.05, 4.69) is 5.92 Å². The molecule has 2 nitrogen and oxygen atoms in total. The summed E-state index contributed by atoms with van der Waals surface area (Å²) in [6.45, 7) is 3.65. The average Bonchev–Trinajstić information content (AvgIpc) is 1.88. The first-order valence-corrected chi connectivity index (χ1v) is 3.73. The van der Waals surface area contributed by atoms with E-state index >= 15 is 0 Å². The van der Waals surface area contributed by atoms with Crippen molar-refractivity contribution in [2.24, 2.45) is 5.41 Å². The molecule has 0 aliphatic heterocycles. The Balaban J connectivity index is 4.28. The number of carboxylic acids is 1. The quantitative estimate of drug-likeness (QED) is 0.628. The molecule has 0 saturated heterocycles. The Morgan fingerprint density at radius 2 is 2.27 bits per heavy atom. The van der Waals surface area contributed by atoms with Gasteiger partial charge in [-0.2, -0.15) is 0 Å². The third-order valence-corrected chi connectivity index (χ3v) is 1.81. The minimum atomic E-state index is -0.794. The summed E-state index contributed by atoms with van der Waals surface area (Å²) < 4.78 is 0. The molecule has 0 bridgehead atoms. The van der Waals surface area contributed by atoms with E-state index in [1.807, 2.05) is 6.92 Å². The molecule has 0 saturated carbocycles. The Hall–Kier alpha value is -0.970. The monoisotopic (exact) mass is 154 g/mol. The standard InChI is InChI=1S/C9H14O2/c1-4-6-9(3,7-5-2)8(10)11/h1H,5-7H2,2-3H3,(H,10,11). The summed E-state index contributed by atoms with van der Waals surface area (Å²) in [6, 6.07) is 0. The molecule has 1 N–H and O–H groups in total. The van der Waals surface area contributed by atoms with E-state index in [4.69, 9.17) is 11.5 Å². The number of terminal acetylenes is 1. The van der Waals surface area contributed by atoms with E-state index in [0.29, 0.717) is 12.8 Å². The Labute approximate surface area is 67.6 Å². The number of rotatable bonds is 4. The molecule has 0 aromatic heterocycles. The molecule has 0 radical (unpaired) electrons. The van der Waals surface area contributed by atoms with Crippen LogP contribution in [-0.2, 0) is 4.79 Å². The third kappa shape index (κ3) is 2.63. The van der Waals surface area contributed by atoms with Crippen LogP contribution in [0.3, 0.4) is 0 Å². The predicted molar refractivity (Wildman–Crippen MR) is 44.1 cm³/mol. The van der Waals surface area contributed by atoms with Gasteiger partial charge in [-0.1, -0.05) is 13.3 Å². The second-order valence-electron chi connectivity index (χ2n) is 3.00. The van der Waals surface area contributed by atoms with E-state index in [1.165, 1.54) is 0 Å². The van der Waals surface area contributed by atoms with Gasteiger partial charge >= 0.3 is 5.97 Å². The molecule has 1 atom stereocenters. The second kappa shape index (κ2) is 4.02. The zero-order valence-corrected chi connectivity index (χ0v) is 7.05. The SMILES string of the molecule is C#CCC(C)(CCC)C(=O)O. The second-order valence-corrected chi connectivity index (χ2v) is 3.00. The van der Waals surface area contributed by atoms with Crippen molar-refractivity contribution in [2.75, 3.05) is 0 Å². The van der Waals surface area contributed by atoms with Gasteiger partial charge in [0, 0.05) is 6.42 Å². The summed E-state index contributed by atoms with van der Waals surface area (Å²) in [5.41, 5.74) is -0.719. The molecule has 0 aliphatic carbocycles. The molecular weight excluding hydrogens is 140 g/mol. The smallest absolute Gasteiger partial charge is 0.310 e. The maximum atomic E-state index is 10.7. The minimum Gasteiger partial charge on any atom is -0.481 e. The van der Waals surface area contributed by atoms with Crippen LogP contribution in [0.1, 0.15) is 33.1 Å². The van der Waals surface area contributed by atoms with Gasteiger partial charge in [0.05, 0.1) is 5.41 Å². The molecule has 0 aliphatic rings. The molecule has 0 spiro atoms. The lowest BCUT2D eigenvalue weighted by atomic mass is 9.83. The molecule has 2 heteroatoms. The lowest BCUT2D eigenvalue weighted by Crippen LogP contribution is -2.26. The number of carbonyl (C=O) groups is 1. The van der Waals surface area contributed by atoms with Gasteiger partial charge in [-0.3, -0.25) is 4.79 Å². The van der Waals surface area contributed by atoms with Crippen LogP contribution >= 0.6 is 0 Å². The molecule has 0 rings (SSSR count). The van der Waals surface area contributed by atoms with Crippen LogP contribution in [0, 0.1) is 17.8 Å². The molecule has 0 heterocycles. The van der Waals surface area contributed by atoms with Crippen molar-refractivity contribution in [2.45, 2.75) is 33.1 Å². The number of aliphatic carboxylic acids is 1. The van der Waals surface area contributed by atoms with Crippen LogP contribution in [0.4, 0.5) is 0 Å². The summed E-state index contributed by atoms with van der Waals surface area (Å²) in [7, 11) is 0. The lowest BCUT2D eigenvalue weighted by Gasteiger charge is -2.20. The molecule has 0 fully saturated rings. The molecule has 62 valence electrons. The number of hydrogen-bond donors (Lipinski definition) is 1. The zero-order chi connectivity index (χ0) is 8.91. The highest BCUT2D eigenvalue weighted by molar-refractivity contribution is 5.74. The maximum Gasteiger partial charge on any atom is 0.310 e. The summed E-state index contributed by atoms with van der Waals surface area (Å²) in [4.78, 5) is 10.7. The van der Waals surface area contributed by atoms with Gasteiger partial charge in [-0.25, -0.2) is 0 Å². The van der Waals surface area contributed by atoms with Gasteiger partial charge in [0.2, 0.25) is 0 Å². The largest absolute Gasteiger partial charge is 0.481 e. The van der Waals surface area contributed by atoms with Crippen molar-refractivity contribution in [3.05, 3.63) is 0 Å². The van der Waals surface area contributed by atoms with Crippen molar-refractivity contribution in [1.29, 1.82) is 0 Å². The fourth-order valence-corrected chi connectivity index (χ4v) is 1.05. The van der Waals surface area contributed by atoms with Crippen molar-refractivity contribution >= 4 is 5.97 Å². The summed E-state index contributed by atoms with van der Waals surface area (Å²) >= 11 is 0. The Morgan fingerprint density at radius 1 is 1.73 bits per heavy atom. The fraction of sp³-hybridized carbons (Fsp3) is 0.667. The van der Waals surface area contributed by atoms with Gasteiger partial charge in [0.25, 0.3) is 0 Å². The third-order valence-electron chi connectivity index (χ3n) is 1.81. The first-order chi connectivity index (χ1) is 5.06. The minimum absolute atomic E-state index is 0.316. The van der Waals surface area contributed by atoms with E-state index in [9.17, 15) is 4.79 Å². The van der Waals surface area contributed by atoms with Crippen LogP contribution in [0.2, 0.25) is 0 Å². The Bertz CT molecular complexity index is 178. The van der Waals surface area contributed by atoms with E-state index in [1.54, 1.807) is 6.92 Å². The number of carboxylic acid groups (broad SMARTS) is 1. The first-order valence-electron chi connectivity index (χ1n) is 3.73. The van der Waals surface area contributed by atoms with Gasteiger partial charge < -0.3 is 5.11 Å². The van der Waals surface area contributed by atoms with Crippen LogP contribution in [-0.4, -0.2) is 11.1 Å². The van der Waals surface area contributed by atoms with Gasteiger partial charge in [-0.15, -0.1) is 12.3 Å². The van der Waals surface area contributed by atoms with Crippen LogP contribution in [0.5, 0.6) is 0 Å². The van der Waals surface area contributed by atoms with E-state index in [0.717, 1.165) is 6.42 Å². The van der Waals surface area contributed by atoms with Gasteiger partial charge in [0.15, 0.2) is 0 Å². The summed E-state index contributed by atoms with van der Waals surface area (Å²) in [5.74, 6) is 1.60. The topological polar surface area (TPSA) is 37.3 Å². The highest BCUT2D eigenvalue weighted by Crippen LogP contribution is 2.26.